The van der Waals surface area contributed by atoms with Crippen LogP contribution in [0.5, 0.6) is 0 Å². The van der Waals surface area contributed by atoms with Gasteiger partial charge < -0.3 is 33.6 Å². The van der Waals surface area contributed by atoms with Crippen molar-refractivity contribution in [1.29, 1.82) is 0 Å². The lowest BCUT2D eigenvalue weighted by Gasteiger charge is -2.37. The van der Waals surface area contributed by atoms with Crippen LogP contribution in [0.25, 0.3) is 44.5 Å². The fraction of sp³-hybridized carbons (Fsp3) is 0.297. The van der Waals surface area contributed by atoms with Crippen molar-refractivity contribution in [2.45, 2.75) is 179 Å². The second kappa shape index (κ2) is 43.0. The summed E-state index contributed by atoms with van der Waals surface area (Å²) < 4.78 is 24.0. The van der Waals surface area contributed by atoms with Crippen molar-refractivity contribution in [3.05, 3.63) is 438 Å². The average Bonchev–Trinajstić information content (AvgIpc) is 1.56. The number of hydrogen-bond acceptors (Lipinski definition) is 7. The van der Waals surface area contributed by atoms with Gasteiger partial charge in [-0.05, 0) is 248 Å². The van der Waals surface area contributed by atoms with Gasteiger partial charge in [0.1, 0.15) is 0 Å². The maximum absolute atomic E-state index is 6.38. The molecule has 0 amide bonds. The fourth-order valence-electron chi connectivity index (χ4n) is 22.4. The highest BCUT2D eigenvalue weighted by molar-refractivity contribution is 5.91. The van der Waals surface area contributed by atoms with Gasteiger partial charge in [-0.15, -0.1) is 0 Å². The Morgan fingerprint density at radius 3 is 0.770 bits per heavy atom. The van der Waals surface area contributed by atoms with Gasteiger partial charge in [0.25, 0.3) is 0 Å². The first-order valence-corrected chi connectivity index (χ1v) is 50.6. The Labute approximate surface area is 804 Å². The van der Waals surface area contributed by atoms with Crippen LogP contribution < -0.4 is 14.7 Å². The van der Waals surface area contributed by atoms with E-state index in [-0.39, 0.29) is 33.5 Å². The summed E-state index contributed by atoms with van der Waals surface area (Å²) in [6.45, 7) is 15.5. The first-order valence-electron chi connectivity index (χ1n) is 50.6. The van der Waals surface area contributed by atoms with E-state index < -0.39 is 0 Å². The van der Waals surface area contributed by atoms with Crippen molar-refractivity contribution < 1.29 is 18.9 Å². The molecule has 19 rings (SSSR count). The van der Waals surface area contributed by atoms with Gasteiger partial charge >= 0.3 is 0 Å². The normalized spacial score (nSPS) is 14.6. The zero-order chi connectivity index (χ0) is 91.7. The molecule has 15 aromatic carbocycles. The summed E-state index contributed by atoms with van der Waals surface area (Å²) >= 11 is 0. The second-order valence-electron chi connectivity index (χ2n) is 39.6. The SMILES string of the molecule is CCCCCCC1(CCCCCC)c2cc(N(c3ccccc3)c3ccccc3)ccc2-c2ccc(N(c3ccccc3)c3ccc(-c4ccc(N(c5ccccc5)c5ccc6c(c5)C(CCCCCCOCC5(C)COC5)(CCCCCCOCC5(C)COC5)c5cc(C(c7ccccc7)c7ccc(-c8ccc(C(c9ccccc9)c9ccccc9)cc8)cc7)ccc5-6)cc4)cc3)cc21. The molecule has 15 aromatic rings. The maximum atomic E-state index is 6.38. The molecule has 2 heterocycles. The molecule has 135 heavy (non-hydrogen) atoms. The third kappa shape index (κ3) is 20.4. The van der Waals surface area contributed by atoms with Gasteiger partial charge in [-0.25, -0.2) is 0 Å². The van der Waals surface area contributed by atoms with Crippen LogP contribution in [0.3, 0.4) is 0 Å². The molecule has 2 saturated heterocycles. The first-order chi connectivity index (χ1) is 66.6. The van der Waals surface area contributed by atoms with Crippen LogP contribution in [0.2, 0.25) is 0 Å². The summed E-state index contributed by atoms with van der Waals surface area (Å²) in [5, 5.41) is 0. The van der Waals surface area contributed by atoms with Crippen LogP contribution in [0.15, 0.2) is 382 Å². The standard InChI is InChI=1S/C128H133N3O4/c1-5-7-9-36-80-128(81-37-10-8-6-2)121-87-112(129(106-48-28-18-29-49-106)107-50-30-19-31-51-107)73-78-117(121)118-79-75-114(89-122(118)128)131(109-54-34-21-35-55-109)111-71-66-99(67-72-111)98-64-69-110(70-65-98)130(108-52-32-20-33-53-108)113-74-77-116-115-76-68-105(86-119(115)127(120(116)88-113,82-38-11-13-40-84-132-90-125(3)92-134-93-125)83-39-12-14-41-85-133-91-126(4)94-135-95-126)124(102-46-26-17-27-47-102)104-62-58-97(59-63-104)96-56-60-103(61-57-96)123(100-42-22-15-23-43-100)101-44-24-16-25-45-101/h15-35,42-79,86-89,123-124H,5-14,36-41,80-85,90-95H2,1-4H3. The molecule has 0 bridgehead atoms. The predicted octanol–water partition coefficient (Wildman–Crippen LogP) is 34.3. The maximum Gasteiger partial charge on any atom is 0.0564 e. The Bertz CT molecular complexity index is 6180. The predicted molar refractivity (Wildman–Crippen MR) is 565 cm³/mol. The van der Waals surface area contributed by atoms with Gasteiger partial charge in [-0.1, -0.05) is 391 Å². The van der Waals surface area contributed by atoms with Crippen molar-refractivity contribution in [2.24, 2.45) is 10.8 Å². The van der Waals surface area contributed by atoms with Crippen molar-refractivity contribution in [3.8, 4) is 44.5 Å². The molecule has 1 atom stereocenters. The molecule has 2 fully saturated rings. The number of ether oxygens (including phenoxy) is 4. The van der Waals surface area contributed by atoms with Crippen LogP contribution in [-0.2, 0) is 29.8 Å². The third-order valence-electron chi connectivity index (χ3n) is 29.6. The van der Waals surface area contributed by atoms with Gasteiger partial charge in [0, 0.05) is 97.9 Å². The van der Waals surface area contributed by atoms with Gasteiger partial charge in [-0.2, -0.15) is 0 Å². The number of anilines is 9. The van der Waals surface area contributed by atoms with E-state index in [1.54, 1.807) is 0 Å². The van der Waals surface area contributed by atoms with Gasteiger partial charge in [0.05, 0.1) is 39.6 Å². The fourth-order valence-corrected chi connectivity index (χ4v) is 22.4. The van der Waals surface area contributed by atoms with Crippen LogP contribution in [0, 0.1) is 10.8 Å². The molecule has 7 heteroatoms. The highest BCUT2D eigenvalue weighted by Crippen LogP contribution is 2.60. The summed E-state index contributed by atoms with van der Waals surface area (Å²) in [7, 11) is 0. The Morgan fingerprint density at radius 1 is 0.237 bits per heavy atom. The van der Waals surface area contributed by atoms with E-state index in [4.69, 9.17) is 18.9 Å². The molecular weight excluding hydrogens is 1640 g/mol. The van der Waals surface area contributed by atoms with Gasteiger partial charge in [-0.3, -0.25) is 0 Å². The number of fused-ring (bicyclic) bond motifs is 6. The molecule has 0 aromatic heterocycles. The van der Waals surface area contributed by atoms with Crippen molar-refractivity contribution in [1.82, 2.24) is 0 Å². The molecule has 2 aliphatic carbocycles. The topological polar surface area (TPSA) is 46.6 Å². The van der Waals surface area contributed by atoms with Crippen molar-refractivity contribution in [2.75, 3.05) is 67.6 Å². The zero-order valence-corrected chi connectivity index (χ0v) is 79.8. The molecule has 0 spiro atoms. The molecule has 1 unspecified atom stereocenters. The van der Waals surface area contributed by atoms with Crippen LogP contribution in [0.4, 0.5) is 51.2 Å². The van der Waals surface area contributed by atoms with E-state index in [1.165, 1.54) is 163 Å². The van der Waals surface area contributed by atoms with Crippen LogP contribution in [-0.4, -0.2) is 52.9 Å². The first kappa shape index (κ1) is 91.6. The molecular formula is C128H133N3O4. The number of rotatable bonds is 45. The van der Waals surface area contributed by atoms with Crippen LogP contribution >= 0.6 is 0 Å². The van der Waals surface area contributed by atoms with E-state index in [0.29, 0.717) is 0 Å². The molecule has 7 nitrogen and oxygen atoms in total. The smallest absolute Gasteiger partial charge is 0.0564 e. The Hall–Kier alpha value is -12.5. The summed E-state index contributed by atoms with van der Waals surface area (Å²) in [6.07, 6.45) is 22.8. The summed E-state index contributed by atoms with van der Waals surface area (Å²) in [5.41, 5.74) is 34.0. The van der Waals surface area contributed by atoms with E-state index in [9.17, 15) is 0 Å². The molecule has 0 radical (unpaired) electrons. The number of nitrogens with zero attached hydrogens (tertiary/aromatic N) is 3. The van der Waals surface area contributed by atoms with Gasteiger partial charge in [0.15, 0.2) is 0 Å². The minimum Gasteiger partial charge on any atom is -0.381 e. The van der Waals surface area contributed by atoms with Crippen LogP contribution in [0.1, 0.15) is 224 Å². The Balaban J connectivity index is 0.654. The number of para-hydroxylation sites is 4. The highest BCUT2D eigenvalue weighted by atomic mass is 16.5. The monoisotopic (exact) mass is 1780 g/mol. The second-order valence-corrected chi connectivity index (χ2v) is 39.6. The quantitative estimate of drug-likeness (QED) is 0.0278. The van der Waals surface area contributed by atoms with Crippen molar-refractivity contribution >= 4 is 51.2 Å². The molecule has 684 valence electrons. The van der Waals surface area contributed by atoms with E-state index in [0.717, 1.165) is 170 Å². The number of benzene rings is 15. The van der Waals surface area contributed by atoms with Gasteiger partial charge in [0.2, 0.25) is 0 Å². The lowest BCUT2D eigenvalue weighted by molar-refractivity contribution is -0.137. The van der Waals surface area contributed by atoms with E-state index in [2.05, 4.69) is 425 Å². The lowest BCUT2D eigenvalue weighted by atomic mass is 9.69. The zero-order valence-electron chi connectivity index (χ0n) is 79.8. The van der Waals surface area contributed by atoms with E-state index >= 15 is 0 Å². The van der Waals surface area contributed by atoms with Crippen molar-refractivity contribution in [3.63, 3.8) is 0 Å². The minimum absolute atomic E-state index is 0.0108. The third-order valence-corrected chi connectivity index (χ3v) is 29.6. The summed E-state index contributed by atoms with van der Waals surface area (Å²) in [5.74, 6) is 0.125. The van der Waals surface area contributed by atoms with E-state index in [1.807, 2.05) is 0 Å². The number of unbranched alkanes of at least 4 members (excludes halogenated alkanes) is 12. The highest BCUT2D eigenvalue weighted by Gasteiger charge is 2.46. The molecule has 0 N–H and O–H groups in total. The summed E-state index contributed by atoms with van der Waals surface area (Å²) in [6, 6.07) is 145. The lowest BCUT2D eigenvalue weighted by Crippen LogP contribution is -2.43. The average molecular weight is 1780 g/mol. The largest absolute Gasteiger partial charge is 0.381 e. The Kier molecular flexibility index (Phi) is 29.2. The Morgan fingerprint density at radius 2 is 0.474 bits per heavy atom. The molecule has 2 aliphatic heterocycles. The molecule has 4 aliphatic rings. The minimum atomic E-state index is -0.287. The molecule has 0 saturated carbocycles. The summed E-state index contributed by atoms with van der Waals surface area (Å²) in [4.78, 5) is 7.46. The number of hydrogen-bond donors (Lipinski definition) is 0.